The Labute approximate surface area is 121 Å². The Morgan fingerprint density at radius 1 is 1.38 bits per heavy atom. The Balaban J connectivity index is 1.94. The molecule has 0 aromatic heterocycles. The molecule has 114 valence electrons. The number of rotatable bonds is 3. The third-order valence-corrected chi connectivity index (χ3v) is 5.04. The summed E-state index contributed by atoms with van der Waals surface area (Å²) in [5, 5.41) is 0. The molecule has 1 aromatic carbocycles. The van der Waals surface area contributed by atoms with Crippen LogP contribution in [-0.2, 0) is 4.79 Å². The van der Waals surface area contributed by atoms with Crippen LogP contribution in [0.25, 0.3) is 0 Å². The first kappa shape index (κ1) is 14.4. The van der Waals surface area contributed by atoms with Gasteiger partial charge in [-0.25, -0.2) is 13.2 Å². The molecule has 0 bridgehead atoms. The number of amides is 1. The highest BCUT2D eigenvalue weighted by atomic mass is 19.3. The minimum Gasteiger partial charge on any atom is -0.332 e. The van der Waals surface area contributed by atoms with Gasteiger partial charge in [0, 0.05) is 6.04 Å². The molecule has 0 radical (unpaired) electrons. The van der Waals surface area contributed by atoms with Crippen LogP contribution in [0.2, 0.25) is 0 Å². The van der Waals surface area contributed by atoms with Crippen LogP contribution >= 0.6 is 0 Å². The average Bonchev–Trinajstić information content (AvgIpc) is 2.98. The van der Waals surface area contributed by atoms with Crippen molar-refractivity contribution in [3.8, 4) is 0 Å². The number of halogens is 3. The van der Waals surface area contributed by atoms with Crippen molar-refractivity contribution in [3.05, 3.63) is 35.6 Å². The average molecular weight is 297 g/mol. The maximum Gasteiger partial charge on any atom is 0.252 e. The zero-order chi connectivity index (χ0) is 15.2. The van der Waals surface area contributed by atoms with E-state index in [1.165, 1.54) is 12.1 Å². The summed E-state index contributed by atoms with van der Waals surface area (Å²) in [6.07, 6.45) is -0.864. The largest absolute Gasteiger partial charge is 0.332 e. The number of benzene rings is 1. The van der Waals surface area contributed by atoms with Crippen molar-refractivity contribution in [2.75, 3.05) is 0 Å². The molecule has 0 N–H and O–H groups in total. The van der Waals surface area contributed by atoms with Crippen molar-refractivity contribution in [2.24, 2.45) is 5.41 Å². The summed E-state index contributed by atoms with van der Waals surface area (Å²) < 4.78 is 40.3. The van der Waals surface area contributed by atoms with Gasteiger partial charge in [-0.05, 0) is 43.4 Å². The van der Waals surface area contributed by atoms with Gasteiger partial charge in [0.05, 0.1) is 6.04 Å². The first-order valence-electron chi connectivity index (χ1n) is 7.36. The van der Waals surface area contributed by atoms with Crippen LogP contribution < -0.4 is 0 Å². The highest BCUT2D eigenvalue weighted by Gasteiger charge is 2.59. The van der Waals surface area contributed by atoms with Crippen molar-refractivity contribution < 1.29 is 18.0 Å². The van der Waals surface area contributed by atoms with Crippen molar-refractivity contribution in [1.82, 2.24) is 4.90 Å². The Morgan fingerprint density at radius 2 is 2.14 bits per heavy atom. The summed E-state index contributed by atoms with van der Waals surface area (Å²) in [5.74, 6) is -0.824. The van der Waals surface area contributed by atoms with E-state index >= 15 is 0 Å². The van der Waals surface area contributed by atoms with Crippen molar-refractivity contribution in [1.29, 1.82) is 0 Å². The van der Waals surface area contributed by atoms with Gasteiger partial charge in [0.15, 0.2) is 0 Å². The van der Waals surface area contributed by atoms with Crippen LogP contribution in [0, 0.1) is 11.2 Å². The molecule has 2 aliphatic rings. The topological polar surface area (TPSA) is 20.3 Å². The minimum absolute atomic E-state index is 0.139. The molecule has 2 nitrogen and oxygen atoms in total. The summed E-state index contributed by atoms with van der Waals surface area (Å²) in [6, 6.07) is 5.69. The highest BCUT2D eigenvalue weighted by molar-refractivity contribution is 5.86. The van der Waals surface area contributed by atoms with E-state index in [9.17, 15) is 18.0 Å². The fraction of sp³-hybridized carbons (Fsp3) is 0.562. The van der Waals surface area contributed by atoms with Crippen LogP contribution in [0.1, 0.15) is 44.2 Å². The standard InChI is InChI=1S/C16H18F3NO/c1-2-16(14(18)19)9-12-6-7-13(20(12)15(16)21)10-4-3-5-11(17)8-10/h3-5,8,12-14H,2,6-7,9H2,1H3/t12-,13+,16?/m1/s1. The summed E-state index contributed by atoms with van der Waals surface area (Å²) in [5.41, 5.74) is -0.844. The Bertz CT molecular complexity index is 562. The number of carbonyl (C=O) groups is 1. The Hall–Kier alpha value is -1.52. The third kappa shape index (κ3) is 2.05. The van der Waals surface area contributed by atoms with E-state index in [-0.39, 0.29) is 30.7 Å². The van der Waals surface area contributed by atoms with Gasteiger partial charge in [-0.1, -0.05) is 19.1 Å². The number of fused-ring (bicyclic) bond motifs is 1. The molecule has 3 atom stereocenters. The number of carbonyl (C=O) groups excluding carboxylic acids is 1. The van der Waals surface area contributed by atoms with Crippen LogP contribution in [-0.4, -0.2) is 23.3 Å². The van der Waals surface area contributed by atoms with E-state index < -0.39 is 17.7 Å². The molecule has 0 saturated carbocycles. The van der Waals surface area contributed by atoms with Crippen LogP contribution in [0.4, 0.5) is 13.2 Å². The SMILES string of the molecule is CCC1(C(F)F)C[C@H]2CC[C@@H](c3cccc(F)c3)N2C1=O. The number of alkyl halides is 2. The lowest BCUT2D eigenvalue weighted by Crippen LogP contribution is -2.40. The maximum absolute atomic E-state index is 13.4. The predicted molar refractivity (Wildman–Crippen MR) is 72.4 cm³/mol. The molecule has 1 unspecified atom stereocenters. The van der Waals surface area contributed by atoms with E-state index in [4.69, 9.17) is 0 Å². The van der Waals surface area contributed by atoms with Gasteiger partial charge in [0.25, 0.3) is 6.43 Å². The van der Waals surface area contributed by atoms with Gasteiger partial charge in [-0.2, -0.15) is 0 Å². The maximum atomic E-state index is 13.4. The van der Waals surface area contributed by atoms with Crippen molar-refractivity contribution in [2.45, 2.75) is 51.1 Å². The lowest BCUT2D eigenvalue weighted by atomic mass is 9.81. The monoisotopic (exact) mass is 297 g/mol. The van der Waals surface area contributed by atoms with E-state index in [0.29, 0.717) is 18.4 Å². The minimum atomic E-state index is -2.64. The molecule has 2 aliphatic heterocycles. The molecular weight excluding hydrogens is 279 g/mol. The van der Waals surface area contributed by atoms with E-state index in [1.54, 1.807) is 24.0 Å². The van der Waals surface area contributed by atoms with Gasteiger partial charge >= 0.3 is 0 Å². The molecule has 1 amide bonds. The fourth-order valence-corrected chi connectivity index (χ4v) is 3.83. The summed E-state index contributed by atoms with van der Waals surface area (Å²) in [6.45, 7) is 1.64. The van der Waals surface area contributed by atoms with Crippen molar-refractivity contribution >= 4 is 5.91 Å². The summed E-state index contributed by atoms with van der Waals surface area (Å²) in [4.78, 5) is 14.2. The second-order valence-electron chi connectivity index (χ2n) is 6.03. The van der Waals surface area contributed by atoms with Crippen LogP contribution in [0.3, 0.4) is 0 Å². The Kier molecular flexibility index (Phi) is 3.46. The Morgan fingerprint density at radius 3 is 2.76 bits per heavy atom. The summed E-state index contributed by atoms with van der Waals surface area (Å²) in [7, 11) is 0. The van der Waals surface area contributed by atoms with Gasteiger partial charge < -0.3 is 4.90 Å². The molecule has 2 saturated heterocycles. The molecule has 1 aromatic rings. The van der Waals surface area contributed by atoms with E-state index in [0.717, 1.165) is 0 Å². The van der Waals surface area contributed by atoms with Gasteiger partial charge in [0.2, 0.25) is 5.91 Å². The number of hydrogen-bond acceptors (Lipinski definition) is 1. The molecule has 2 fully saturated rings. The molecule has 5 heteroatoms. The van der Waals surface area contributed by atoms with E-state index in [1.807, 2.05) is 0 Å². The summed E-state index contributed by atoms with van der Waals surface area (Å²) >= 11 is 0. The van der Waals surface area contributed by atoms with Crippen LogP contribution in [0.5, 0.6) is 0 Å². The smallest absolute Gasteiger partial charge is 0.252 e. The molecule has 0 spiro atoms. The van der Waals surface area contributed by atoms with Crippen molar-refractivity contribution in [3.63, 3.8) is 0 Å². The molecule has 0 aliphatic carbocycles. The molecular formula is C16H18F3NO. The van der Waals surface area contributed by atoms with E-state index in [2.05, 4.69) is 0 Å². The first-order chi connectivity index (χ1) is 9.99. The third-order valence-electron chi connectivity index (χ3n) is 5.04. The van der Waals surface area contributed by atoms with Gasteiger partial charge in [-0.3, -0.25) is 4.79 Å². The highest BCUT2D eigenvalue weighted by Crippen LogP contribution is 2.52. The lowest BCUT2D eigenvalue weighted by molar-refractivity contribution is -0.146. The fourth-order valence-electron chi connectivity index (χ4n) is 3.83. The second-order valence-corrected chi connectivity index (χ2v) is 6.03. The number of hydrogen-bond donors (Lipinski definition) is 0. The quantitative estimate of drug-likeness (QED) is 0.828. The van der Waals surface area contributed by atoms with Gasteiger partial charge in [-0.15, -0.1) is 0 Å². The second kappa shape index (κ2) is 5.04. The molecule has 21 heavy (non-hydrogen) atoms. The lowest BCUT2D eigenvalue weighted by Gasteiger charge is -2.29. The first-order valence-corrected chi connectivity index (χ1v) is 7.36. The zero-order valence-electron chi connectivity index (χ0n) is 11.9. The molecule has 2 heterocycles. The normalized spacial score (nSPS) is 32.0. The number of nitrogens with zero attached hydrogens (tertiary/aromatic N) is 1. The predicted octanol–water partition coefficient (Wildman–Crippen LogP) is 3.92. The zero-order valence-corrected chi connectivity index (χ0v) is 11.9. The van der Waals surface area contributed by atoms with Crippen LogP contribution in [0.15, 0.2) is 24.3 Å². The van der Waals surface area contributed by atoms with Gasteiger partial charge in [0.1, 0.15) is 11.2 Å². The molecule has 3 rings (SSSR count).